The molecule has 0 unspecified atom stereocenters. The van der Waals surface area contributed by atoms with Crippen molar-refractivity contribution in [2.45, 2.75) is 6.42 Å². The quantitative estimate of drug-likeness (QED) is 0.799. The molecule has 4 heteroatoms. The Labute approximate surface area is 128 Å². The maximum atomic E-state index is 11.1. The number of hydrogen-bond donors (Lipinski definition) is 1. The van der Waals surface area contributed by atoms with Crippen molar-refractivity contribution in [3.63, 3.8) is 0 Å². The summed E-state index contributed by atoms with van der Waals surface area (Å²) in [6, 6.07) is 16.9. The molecule has 2 aromatic carbocycles. The molecule has 0 saturated carbocycles. The number of benzene rings is 2. The van der Waals surface area contributed by atoms with Gasteiger partial charge in [-0.05, 0) is 29.8 Å². The summed E-state index contributed by atoms with van der Waals surface area (Å²) in [5, 5.41) is 9.90. The first-order valence-corrected chi connectivity index (χ1v) is 6.92. The number of aromatic nitrogens is 1. The topological polar surface area (TPSA) is 59.4 Å². The fraction of sp³-hybridized carbons (Fsp3) is 0.111. The largest absolute Gasteiger partial charge is 0.481 e. The van der Waals surface area contributed by atoms with E-state index in [0.29, 0.717) is 12.3 Å². The molecule has 4 nitrogen and oxygen atoms in total. The Balaban J connectivity index is 2.09. The van der Waals surface area contributed by atoms with Crippen molar-refractivity contribution in [2.24, 2.45) is 0 Å². The number of hydrogen-bond acceptors (Lipinski definition) is 3. The van der Waals surface area contributed by atoms with Crippen LogP contribution in [-0.2, 0) is 6.42 Å². The van der Waals surface area contributed by atoms with Gasteiger partial charge < -0.3 is 9.84 Å². The smallest absolute Gasteiger partial charge is 0.335 e. The van der Waals surface area contributed by atoms with Crippen molar-refractivity contribution in [1.29, 1.82) is 0 Å². The van der Waals surface area contributed by atoms with E-state index in [0.717, 1.165) is 22.0 Å². The molecule has 110 valence electrons. The number of fused-ring (bicyclic) bond motifs is 1. The van der Waals surface area contributed by atoms with Crippen LogP contribution in [0.2, 0.25) is 0 Å². The molecule has 0 atom stereocenters. The van der Waals surface area contributed by atoms with E-state index >= 15 is 0 Å². The van der Waals surface area contributed by atoms with Crippen LogP contribution in [0, 0.1) is 0 Å². The second-order valence-electron chi connectivity index (χ2n) is 5.03. The molecular formula is C18H15NO3. The SMILES string of the molecule is COc1nc2ccc(C(=O)O)cc2cc1Cc1ccccc1. The highest BCUT2D eigenvalue weighted by Gasteiger charge is 2.10. The lowest BCUT2D eigenvalue weighted by Gasteiger charge is -2.10. The fourth-order valence-electron chi connectivity index (χ4n) is 2.45. The minimum Gasteiger partial charge on any atom is -0.481 e. The number of nitrogens with zero attached hydrogens (tertiary/aromatic N) is 1. The van der Waals surface area contributed by atoms with Crippen LogP contribution < -0.4 is 4.74 Å². The Morgan fingerprint density at radius 2 is 1.91 bits per heavy atom. The summed E-state index contributed by atoms with van der Waals surface area (Å²) in [7, 11) is 1.59. The van der Waals surface area contributed by atoms with E-state index in [9.17, 15) is 4.79 Å². The lowest BCUT2D eigenvalue weighted by atomic mass is 10.0. The molecular weight excluding hydrogens is 278 g/mol. The lowest BCUT2D eigenvalue weighted by molar-refractivity contribution is 0.0697. The molecule has 1 N–H and O–H groups in total. The zero-order valence-corrected chi connectivity index (χ0v) is 12.1. The molecule has 1 heterocycles. The minimum absolute atomic E-state index is 0.255. The van der Waals surface area contributed by atoms with Gasteiger partial charge in [-0.25, -0.2) is 9.78 Å². The molecule has 0 radical (unpaired) electrons. The van der Waals surface area contributed by atoms with Gasteiger partial charge >= 0.3 is 5.97 Å². The summed E-state index contributed by atoms with van der Waals surface area (Å²) < 4.78 is 5.38. The molecule has 0 saturated heterocycles. The van der Waals surface area contributed by atoms with Crippen molar-refractivity contribution in [3.8, 4) is 5.88 Å². The van der Waals surface area contributed by atoms with E-state index < -0.39 is 5.97 Å². The first kappa shape index (κ1) is 14.1. The third-order valence-electron chi connectivity index (χ3n) is 3.53. The number of rotatable bonds is 4. The van der Waals surface area contributed by atoms with Crippen LogP contribution in [0.4, 0.5) is 0 Å². The van der Waals surface area contributed by atoms with E-state index in [4.69, 9.17) is 9.84 Å². The molecule has 3 aromatic rings. The van der Waals surface area contributed by atoms with Gasteiger partial charge in [0.15, 0.2) is 0 Å². The number of carbonyl (C=O) groups is 1. The normalized spacial score (nSPS) is 10.6. The summed E-state index contributed by atoms with van der Waals surface area (Å²) in [5.41, 5.74) is 3.06. The molecule has 3 rings (SSSR count). The predicted octanol–water partition coefficient (Wildman–Crippen LogP) is 3.53. The monoisotopic (exact) mass is 293 g/mol. The zero-order chi connectivity index (χ0) is 15.5. The van der Waals surface area contributed by atoms with E-state index in [1.807, 2.05) is 36.4 Å². The van der Waals surface area contributed by atoms with Gasteiger partial charge in [-0.15, -0.1) is 0 Å². The highest BCUT2D eigenvalue weighted by molar-refractivity contribution is 5.93. The number of carboxylic acids is 1. The van der Waals surface area contributed by atoms with E-state index in [-0.39, 0.29) is 5.56 Å². The van der Waals surface area contributed by atoms with Gasteiger partial charge in [0, 0.05) is 17.4 Å². The van der Waals surface area contributed by atoms with Crippen molar-refractivity contribution < 1.29 is 14.6 Å². The van der Waals surface area contributed by atoms with Crippen molar-refractivity contribution in [3.05, 3.63) is 71.3 Å². The number of methoxy groups -OCH3 is 1. The number of carboxylic acid groups (broad SMARTS) is 1. The first-order valence-electron chi connectivity index (χ1n) is 6.92. The number of pyridine rings is 1. The molecule has 0 amide bonds. The summed E-state index contributed by atoms with van der Waals surface area (Å²) in [5.74, 6) is -0.373. The van der Waals surface area contributed by atoms with E-state index in [1.165, 1.54) is 0 Å². The molecule has 0 aliphatic carbocycles. The fourth-order valence-corrected chi connectivity index (χ4v) is 2.45. The molecule has 0 bridgehead atoms. The highest BCUT2D eigenvalue weighted by Crippen LogP contribution is 2.25. The summed E-state index contributed by atoms with van der Waals surface area (Å²) in [6.07, 6.45) is 0.685. The van der Waals surface area contributed by atoms with Gasteiger partial charge in [-0.1, -0.05) is 30.3 Å². The van der Waals surface area contributed by atoms with E-state index in [2.05, 4.69) is 4.98 Å². The number of aromatic carboxylic acids is 1. The summed E-state index contributed by atoms with van der Waals surface area (Å²) in [4.78, 5) is 15.6. The molecule has 0 aliphatic heterocycles. The molecule has 0 aliphatic rings. The molecule has 1 aromatic heterocycles. The Hall–Kier alpha value is -2.88. The minimum atomic E-state index is -0.942. The van der Waals surface area contributed by atoms with Crippen molar-refractivity contribution in [2.75, 3.05) is 7.11 Å². The van der Waals surface area contributed by atoms with Gasteiger partial charge in [0.1, 0.15) is 0 Å². The van der Waals surface area contributed by atoms with Gasteiger partial charge in [0.2, 0.25) is 5.88 Å². The van der Waals surface area contributed by atoms with Gasteiger partial charge in [0.25, 0.3) is 0 Å². The van der Waals surface area contributed by atoms with Crippen LogP contribution in [0.15, 0.2) is 54.6 Å². The zero-order valence-electron chi connectivity index (χ0n) is 12.1. The van der Waals surface area contributed by atoms with Gasteiger partial charge in [-0.2, -0.15) is 0 Å². The maximum absolute atomic E-state index is 11.1. The summed E-state index contributed by atoms with van der Waals surface area (Å²) in [6.45, 7) is 0. The second kappa shape index (κ2) is 5.85. The Morgan fingerprint density at radius 1 is 1.14 bits per heavy atom. The third kappa shape index (κ3) is 2.76. The third-order valence-corrected chi connectivity index (χ3v) is 3.53. The highest BCUT2D eigenvalue weighted by atomic mass is 16.5. The average molecular weight is 293 g/mol. The number of ether oxygens (including phenoxy) is 1. The Kier molecular flexibility index (Phi) is 3.74. The summed E-state index contributed by atoms with van der Waals surface area (Å²) >= 11 is 0. The molecule has 0 spiro atoms. The predicted molar refractivity (Wildman–Crippen MR) is 84.5 cm³/mol. The molecule has 22 heavy (non-hydrogen) atoms. The van der Waals surface area contributed by atoms with Crippen LogP contribution >= 0.6 is 0 Å². The average Bonchev–Trinajstić information content (AvgIpc) is 2.54. The Morgan fingerprint density at radius 3 is 2.59 bits per heavy atom. The van der Waals surface area contributed by atoms with Crippen LogP contribution in [0.5, 0.6) is 5.88 Å². The van der Waals surface area contributed by atoms with Crippen LogP contribution in [0.25, 0.3) is 10.9 Å². The lowest BCUT2D eigenvalue weighted by Crippen LogP contribution is -1.99. The van der Waals surface area contributed by atoms with Gasteiger partial charge in [0.05, 0.1) is 18.2 Å². The van der Waals surface area contributed by atoms with Crippen LogP contribution in [0.1, 0.15) is 21.5 Å². The molecule has 0 fully saturated rings. The van der Waals surface area contributed by atoms with Crippen LogP contribution in [-0.4, -0.2) is 23.2 Å². The van der Waals surface area contributed by atoms with Gasteiger partial charge in [-0.3, -0.25) is 0 Å². The second-order valence-corrected chi connectivity index (χ2v) is 5.03. The standard InChI is InChI=1S/C18H15NO3/c1-22-17-15(9-12-5-3-2-4-6-12)11-14-10-13(18(20)21)7-8-16(14)19-17/h2-8,10-11H,9H2,1H3,(H,20,21). The van der Waals surface area contributed by atoms with Crippen molar-refractivity contribution >= 4 is 16.9 Å². The van der Waals surface area contributed by atoms with Crippen molar-refractivity contribution in [1.82, 2.24) is 4.98 Å². The van der Waals surface area contributed by atoms with Crippen LogP contribution in [0.3, 0.4) is 0 Å². The first-order chi connectivity index (χ1) is 10.7. The Bertz CT molecular complexity index is 828. The van der Waals surface area contributed by atoms with E-state index in [1.54, 1.807) is 25.3 Å². The maximum Gasteiger partial charge on any atom is 0.335 e.